The second kappa shape index (κ2) is 13.0. The third kappa shape index (κ3) is 7.62. The SMILES string of the molecule is CCc1ccc(N(CC(=O)N(Cc2c(Cl)cccc2Cl)C(CC)C(=O)NC2CCCC2)S(C)(=O)=O)cc1. The number of carbonyl (C=O) groups is 2. The maximum Gasteiger partial charge on any atom is 0.244 e. The van der Waals surface area contributed by atoms with E-state index in [0.717, 1.165) is 48.2 Å². The van der Waals surface area contributed by atoms with Crippen LogP contribution in [0.1, 0.15) is 57.1 Å². The summed E-state index contributed by atoms with van der Waals surface area (Å²) in [5.41, 5.74) is 1.94. The molecule has 0 aliphatic heterocycles. The third-order valence-electron chi connectivity index (χ3n) is 6.79. The minimum absolute atomic E-state index is 0.0275. The van der Waals surface area contributed by atoms with Crippen LogP contribution in [0.5, 0.6) is 0 Å². The molecule has 1 saturated carbocycles. The largest absolute Gasteiger partial charge is 0.352 e. The Kier molecular flexibility index (Phi) is 10.3. The molecule has 1 aliphatic carbocycles. The molecular formula is C27H35Cl2N3O4S. The first-order valence-corrected chi connectivity index (χ1v) is 15.2. The van der Waals surface area contributed by atoms with E-state index in [1.54, 1.807) is 30.3 Å². The summed E-state index contributed by atoms with van der Waals surface area (Å²) in [6, 6.07) is 11.4. The molecule has 0 bridgehead atoms. The summed E-state index contributed by atoms with van der Waals surface area (Å²) < 4.78 is 26.6. The molecule has 0 aromatic heterocycles. The molecule has 202 valence electrons. The average molecular weight is 569 g/mol. The number of benzene rings is 2. The molecule has 2 aromatic rings. The number of nitrogens with zero attached hydrogens (tertiary/aromatic N) is 2. The topological polar surface area (TPSA) is 86.8 Å². The highest BCUT2D eigenvalue weighted by Gasteiger charge is 2.33. The molecule has 2 amide bonds. The standard InChI is InChI=1S/C27H35Cl2N3O4S/c1-4-19-13-15-21(16-14-19)32(37(3,35)36)18-26(33)31(17-22-23(28)11-8-12-24(22)29)25(5-2)27(34)30-20-9-6-7-10-20/h8,11-16,20,25H,4-7,9-10,17-18H2,1-3H3,(H,30,34). The highest BCUT2D eigenvalue weighted by atomic mass is 35.5. The van der Waals surface area contributed by atoms with Gasteiger partial charge in [0.25, 0.3) is 0 Å². The molecule has 0 saturated heterocycles. The molecule has 1 unspecified atom stereocenters. The Morgan fingerprint density at radius 2 is 1.62 bits per heavy atom. The number of rotatable bonds is 11. The fourth-order valence-electron chi connectivity index (χ4n) is 4.65. The van der Waals surface area contributed by atoms with E-state index in [4.69, 9.17) is 23.2 Å². The highest BCUT2D eigenvalue weighted by molar-refractivity contribution is 7.92. The molecule has 1 N–H and O–H groups in total. The summed E-state index contributed by atoms with van der Waals surface area (Å²) in [5, 5.41) is 3.81. The molecule has 1 atom stereocenters. The molecule has 7 nitrogen and oxygen atoms in total. The lowest BCUT2D eigenvalue weighted by atomic mass is 10.1. The molecular weight excluding hydrogens is 533 g/mol. The summed E-state index contributed by atoms with van der Waals surface area (Å²) in [4.78, 5) is 28.6. The van der Waals surface area contributed by atoms with Crippen molar-refractivity contribution in [2.75, 3.05) is 17.1 Å². The predicted octanol–water partition coefficient (Wildman–Crippen LogP) is 5.19. The summed E-state index contributed by atoms with van der Waals surface area (Å²) in [6.07, 6.45) is 6.13. The number of amides is 2. The summed E-state index contributed by atoms with van der Waals surface area (Å²) in [6.45, 7) is 3.34. The van der Waals surface area contributed by atoms with E-state index in [2.05, 4.69) is 5.32 Å². The first-order chi connectivity index (χ1) is 17.5. The van der Waals surface area contributed by atoms with Crippen LogP contribution in [0.2, 0.25) is 10.0 Å². The average Bonchev–Trinajstić information content (AvgIpc) is 3.36. The first kappa shape index (κ1) is 29.3. The molecule has 0 radical (unpaired) electrons. The Morgan fingerprint density at radius 1 is 1.03 bits per heavy atom. The van der Waals surface area contributed by atoms with Crippen molar-refractivity contribution in [2.45, 2.75) is 71.0 Å². The van der Waals surface area contributed by atoms with E-state index in [-0.39, 0.29) is 18.5 Å². The van der Waals surface area contributed by atoms with Crippen LogP contribution in [0.3, 0.4) is 0 Å². The molecule has 1 fully saturated rings. The lowest BCUT2D eigenvalue weighted by Crippen LogP contribution is -2.53. The number of anilines is 1. The number of halogens is 2. The normalized spacial score (nSPS) is 14.8. The highest BCUT2D eigenvalue weighted by Crippen LogP contribution is 2.28. The zero-order valence-electron chi connectivity index (χ0n) is 21.5. The molecule has 2 aromatic carbocycles. The van der Waals surface area contributed by atoms with Gasteiger partial charge >= 0.3 is 0 Å². The Bertz CT molecular complexity index is 1180. The van der Waals surface area contributed by atoms with Crippen LogP contribution < -0.4 is 9.62 Å². The maximum absolute atomic E-state index is 13.8. The van der Waals surface area contributed by atoms with E-state index in [0.29, 0.717) is 27.7 Å². The van der Waals surface area contributed by atoms with Gasteiger partial charge in [-0.1, -0.05) is 68.1 Å². The fraction of sp³-hybridized carbons (Fsp3) is 0.481. The minimum atomic E-state index is -3.79. The summed E-state index contributed by atoms with van der Waals surface area (Å²) in [7, 11) is -3.79. The molecule has 0 spiro atoms. The van der Waals surface area contributed by atoms with E-state index in [1.807, 2.05) is 26.0 Å². The molecule has 10 heteroatoms. The van der Waals surface area contributed by atoms with Gasteiger partial charge in [-0.2, -0.15) is 0 Å². The van der Waals surface area contributed by atoms with Crippen LogP contribution in [-0.2, 0) is 32.6 Å². The van der Waals surface area contributed by atoms with Crippen LogP contribution in [0.25, 0.3) is 0 Å². The monoisotopic (exact) mass is 567 g/mol. The van der Waals surface area contributed by atoms with Gasteiger partial charge < -0.3 is 10.2 Å². The first-order valence-electron chi connectivity index (χ1n) is 12.6. The van der Waals surface area contributed by atoms with E-state index < -0.39 is 28.5 Å². The van der Waals surface area contributed by atoms with Crippen molar-refractivity contribution in [1.29, 1.82) is 0 Å². The van der Waals surface area contributed by atoms with Gasteiger partial charge in [0.05, 0.1) is 11.9 Å². The van der Waals surface area contributed by atoms with Crippen LogP contribution >= 0.6 is 23.2 Å². The van der Waals surface area contributed by atoms with Crippen molar-refractivity contribution in [3.63, 3.8) is 0 Å². The van der Waals surface area contributed by atoms with Crippen LogP contribution in [-0.4, -0.2) is 50.0 Å². The Hall–Kier alpha value is -2.29. The number of nitrogens with one attached hydrogen (secondary N) is 1. The second-order valence-corrected chi connectivity index (χ2v) is 12.1. The van der Waals surface area contributed by atoms with Crippen molar-refractivity contribution in [2.24, 2.45) is 0 Å². The Labute approximate surface area is 230 Å². The summed E-state index contributed by atoms with van der Waals surface area (Å²) >= 11 is 12.8. The van der Waals surface area contributed by atoms with Crippen molar-refractivity contribution in [1.82, 2.24) is 10.2 Å². The molecule has 37 heavy (non-hydrogen) atoms. The zero-order valence-corrected chi connectivity index (χ0v) is 23.9. The van der Waals surface area contributed by atoms with Crippen molar-refractivity contribution in [3.05, 3.63) is 63.6 Å². The second-order valence-electron chi connectivity index (χ2n) is 9.43. The van der Waals surface area contributed by atoms with E-state index >= 15 is 0 Å². The van der Waals surface area contributed by atoms with Crippen LogP contribution in [0, 0.1) is 0 Å². The number of aryl methyl sites for hydroxylation is 1. The molecule has 0 heterocycles. The van der Waals surface area contributed by atoms with Crippen LogP contribution in [0.15, 0.2) is 42.5 Å². The lowest BCUT2D eigenvalue weighted by Gasteiger charge is -2.33. The molecule has 1 aliphatic rings. The number of sulfonamides is 1. The number of hydrogen-bond donors (Lipinski definition) is 1. The quantitative estimate of drug-likeness (QED) is 0.405. The van der Waals surface area contributed by atoms with Crippen molar-refractivity contribution >= 4 is 50.7 Å². The lowest BCUT2D eigenvalue weighted by molar-refractivity contribution is -0.140. The van der Waals surface area contributed by atoms with Crippen molar-refractivity contribution in [3.8, 4) is 0 Å². The Morgan fingerprint density at radius 3 is 2.14 bits per heavy atom. The van der Waals surface area contributed by atoms with Gasteiger partial charge in [-0.05, 0) is 55.5 Å². The molecule has 3 rings (SSSR count). The van der Waals surface area contributed by atoms with Crippen LogP contribution in [0.4, 0.5) is 5.69 Å². The number of carbonyl (C=O) groups excluding carboxylic acids is 2. The summed E-state index contributed by atoms with van der Waals surface area (Å²) in [5.74, 6) is -0.779. The predicted molar refractivity (Wildman–Crippen MR) is 149 cm³/mol. The minimum Gasteiger partial charge on any atom is -0.352 e. The van der Waals surface area contributed by atoms with E-state index in [1.165, 1.54) is 4.90 Å². The smallest absolute Gasteiger partial charge is 0.244 e. The zero-order chi connectivity index (χ0) is 27.2. The van der Waals surface area contributed by atoms with Gasteiger partial charge in [0.15, 0.2) is 0 Å². The number of hydrogen-bond acceptors (Lipinski definition) is 4. The fourth-order valence-corrected chi connectivity index (χ4v) is 6.02. The van der Waals surface area contributed by atoms with Gasteiger partial charge in [0, 0.05) is 28.2 Å². The third-order valence-corrected chi connectivity index (χ3v) is 8.64. The maximum atomic E-state index is 13.8. The van der Waals surface area contributed by atoms with Gasteiger partial charge in [0.2, 0.25) is 21.8 Å². The van der Waals surface area contributed by atoms with E-state index in [9.17, 15) is 18.0 Å². The van der Waals surface area contributed by atoms with Gasteiger partial charge in [0.1, 0.15) is 12.6 Å². The van der Waals surface area contributed by atoms with Gasteiger partial charge in [-0.3, -0.25) is 13.9 Å². The van der Waals surface area contributed by atoms with Gasteiger partial charge in [-0.25, -0.2) is 8.42 Å². The van der Waals surface area contributed by atoms with Crippen molar-refractivity contribution < 1.29 is 18.0 Å². The van der Waals surface area contributed by atoms with Gasteiger partial charge in [-0.15, -0.1) is 0 Å². The Balaban J connectivity index is 1.96.